The largest absolute Gasteiger partial charge is 0.477 e. The lowest BCUT2D eigenvalue weighted by Gasteiger charge is -2.51. The number of aliphatic carboxylic acids is 1. The number of carboxylic acids is 1. The number of ether oxygens (including phenoxy) is 10. The van der Waals surface area contributed by atoms with Gasteiger partial charge in [0.15, 0.2) is 18.7 Å². The molecule has 4 fully saturated rings. The Labute approximate surface area is 569 Å². The standard InChI is InChI=1S/C59H76N4O34S3/c1-27-46(71)49(74)50(75)56(91-27)95-51-38(92-57-54(94-55(76)30-6-4-3-5-7-30)53(48(73)40(24-65)93-57)97-59(58(77)78)20-36(67)45(62-28(2)66)52(96-59)47(72)37(68)23-64)12-13-90-39(51)22-61-42(69)25-88-14-15-89-26-43(70)63-32-10-8-29(9-11-32)21-60-35-18-33(98(79,80)81)16-31-17-34(99(82,83)84)19-41(44(31)35)100(85,86)87/h3-11,16-19,27,36-40,45-54,56-57,60,64-65,67-68,71-75H,12-15,20-26H2,1-2H3,(H,61,69)(H,62,66)(H,63,70)(H,77,78)(H,79,80,81)(H,82,83,84)(H,85,86,87)/t27-,36-,37+,38+,39+,40+,45+,46+,47+,48-,49+,50-,51-,52+,53-,54+,56-,57+,59-/m0/s1. The third-order valence-electron chi connectivity index (χ3n) is 16.3. The highest BCUT2D eigenvalue weighted by Crippen LogP contribution is 2.41. The van der Waals surface area contributed by atoms with E-state index in [1.54, 1.807) is 6.07 Å². The highest BCUT2D eigenvalue weighted by atomic mass is 32.2. The van der Waals surface area contributed by atoms with Gasteiger partial charge in [0.1, 0.15) is 85.3 Å². The number of anilines is 2. The van der Waals surface area contributed by atoms with E-state index in [1.807, 2.05) is 0 Å². The summed E-state index contributed by atoms with van der Waals surface area (Å²) in [6, 6.07) is 14.0. The molecule has 4 aliphatic rings. The summed E-state index contributed by atoms with van der Waals surface area (Å²) in [4.78, 5) is 63.1. The third kappa shape index (κ3) is 19.5. The van der Waals surface area contributed by atoms with Crippen molar-refractivity contribution >= 4 is 82.2 Å². The van der Waals surface area contributed by atoms with Crippen molar-refractivity contribution in [1.29, 1.82) is 0 Å². The van der Waals surface area contributed by atoms with Crippen LogP contribution in [0.2, 0.25) is 0 Å². The molecular weight excluding hydrogens is 1400 g/mol. The van der Waals surface area contributed by atoms with Crippen LogP contribution in [0.25, 0.3) is 10.8 Å². The summed E-state index contributed by atoms with van der Waals surface area (Å²) in [5.74, 6) is -8.66. The predicted octanol–water partition coefficient (Wildman–Crippen LogP) is -4.49. The molecule has 0 aromatic heterocycles. The van der Waals surface area contributed by atoms with Crippen LogP contribution in [0.3, 0.4) is 0 Å². The van der Waals surface area contributed by atoms with E-state index in [2.05, 4.69) is 21.3 Å². The van der Waals surface area contributed by atoms with Gasteiger partial charge in [0.05, 0.1) is 66.1 Å². The minimum Gasteiger partial charge on any atom is -0.477 e. The van der Waals surface area contributed by atoms with E-state index in [4.69, 9.17) is 47.4 Å². The first-order valence-corrected chi connectivity index (χ1v) is 34.8. The molecule has 0 unspecified atom stereocenters. The Morgan fingerprint density at radius 1 is 0.720 bits per heavy atom. The summed E-state index contributed by atoms with van der Waals surface area (Å²) in [5, 5.41) is 118. The molecule has 4 aliphatic heterocycles. The highest BCUT2D eigenvalue weighted by molar-refractivity contribution is 7.87. The topological polar surface area (TPSA) is 591 Å². The summed E-state index contributed by atoms with van der Waals surface area (Å²) in [5.41, 5.74) is 0.252. The maximum absolute atomic E-state index is 14.0. The van der Waals surface area contributed by atoms with E-state index < -0.39 is 241 Å². The van der Waals surface area contributed by atoms with Crippen molar-refractivity contribution in [3.63, 3.8) is 0 Å². The van der Waals surface area contributed by atoms with E-state index in [0.29, 0.717) is 11.6 Å². The molecule has 41 heteroatoms. The Balaban J connectivity index is 0.916. The van der Waals surface area contributed by atoms with Crippen molar-refractivity contribution in [1.82, 2.24) is 10.6 Å². The first kappa shape index (κ1) is 79.0. The second-order valence-corrected chi connectivity index (χ2v) is 27.7. The van der Waals surface area contributed by atoms with Crippen molar-refractivity contribution in [3.8, 4) is 0 Å². The molecule has 3 amide bonds. The number of fused-ring (bicyclic) bond motifs is 1. The zero-order chi connectivity index (χ0) is 73.3. The number of nitrogens with one attached hydrogen (secondary N) is 4. The van der Waals surface area contributed by atoms with Crippen molar-refractivity contribution in [3.05, 3.63) is 90.0 Å². The van der Waals surface area contributed by atoms with Gasteiger partial charge in [0, 0.05) is 49.8 Å². The molecular formula is C59H76N4O34S3. The number of esters is 1. The Morgan fingerprint density at radius 2 is 1.36 bits per heavy atom. The molecule has 4 heterocycles. The third-order valence-corrected chi connectivity index (χ3v) is 18.9. The summed E-state index contributed by atoms with van der Waals surface area (Å²) >= 11 is 0. The quantitative estimate of drug-likeness (QED) is 0.0133. The van der Waals surface area contributed by atoms with Crippen LogP contribution in [-0.2, 0) is 103 Å². The first-order valence-electron chi connectivity index (χ1n) is 30.5. The average molecular weight is 1480 g/mol. The average Bonchev–Trinajstić information content (AvgIpc) is 0.753. The fourth-order valence-corrected chi connectivity index (χ4v) is 13.2. The van der Waals surface area contributed by atoms with E-state index in [0.717, 1.165) is 25.1 Å². The van der Waals surface area contributed by atoms with Gasteiger partial charge in [-0.05, 0) is 72.8 Å². The monoisotopic (exact) mass is 1480 g/mol. The number of hydrogen-bond donors (Lipinski definition) is 17. The second-order valence-electron chi connectivity index (χ2n) is 23.5. The van der Waals surface area contributed by atoms with Crippen LogP contribution in [0.1, 0.15) is 42.6 Å². The van der Waals surface area contributed by atoms with Gasteiger partial charge < -0.3 is 120 Å². The minimum atomic E-state index is -5.23. The molecule has 100 heavy (non-hydrogen) atoms. The molecule has 38 nitrogen and oxygen atoms in total. The van der Waals surface area contributed by atoms with Crippen LogP contribution in [0.4, 0.5) is 11.4 Å². The lowest BCUT2D eigenvalue weighted by atomic mass is 9.88. The molecule has 0 radical (unpaired) electrons. The Bertz CT molecular complexity index is 3880. The van der Waals surface area contributed by atoms with Gasteiger partial charge in [0.25, 0.3) is 36.1 Å². The zero-order valence-corrected chi connectivity index (χ0v) is 55.2. The van der Waals surface area contributed by atoms with E-state index >= 15 is 0 Å². The smallest absolute Gasteiger partial charge is 0.364 e. The first-order chi connectivity index (χ1) is 47.0. The molecule has 17 N–H and O–H groups in total. The molecule has 19 atom stereocenters. The van der Waals surface area contributed by atoms with Gasteiger partial charge in [0.2, 0.25) is 17.7 Å². The van der Waals surface area contributed by atoms with Crippen molar-refractivity contribution in [2.24, 2.45) is 0 Å². The zero-order valence-electron chi connectivity index (χ0n) is 52.8. The Kier molecular flexibility index (Phi) is 26.6. The predicted molar refractivity (Wildman–Crippen MR) is 332 cm³/mol. The number of carbonyl (C=O) groups excluding carboxylic acids is 4. The number of aliphatic hydroxyl groups excluding tert-OH is 9. The number of hydrogen-bond acceptors (Lipinski definition) is 31. The summed E-state index contributed by atoms with van der Waals surface area (Å²) in [7, 11) is -15.3. The Morgan fingerprint density at radius 3 is 1.96 bits per heavy atom. The fraction of sp³-hybridized carbons (Fsp3) is 0.542. The van der Waals surface area contributed by atoms with Gasteiger partial charge in [-0.25, -0.2) is 9.59 Å². The van der Waals surface area contributed by atoms with Crippen LogP contribution >= 0.6 is 0 Å². The normalized spacial score (nSPS) is 29.6. The number of carboxylic acid groups (broad SMARTS) is 1. The van der Waals surface area contributed by atoms with E-state index in [9.17, 15) is 114 Å². The fourth-order valence-electron chi connectivity index (χ4n) is 11.3. The number of rotatable bonds is 30. The molecule has 0 saturated carbocycles. The molecule has 0 aliphatic carbocycles. The van der Waals surface area contributed by atoms with Gasteiger partial charge in [-0.3, -0.25) is 28.0 Å². The van der Waals surface area contributed by atoms with Gasteiger partial charge in [-0.2, -0.15) is 25.3 Å². The maximum Gasteiger partial charge on any atom is 0.364 e. The number of amides is 3. The molecule has 554 valence electrons. The van der Waals surface area contributed by atoms with Crippen molar-refractivity contribution < 1.29 is 161 Å². The van der Waals surface area contributed by atoms with Crippen LogP contribution < -0.4 is 21.3 Å². The van der Waals surface area contributed by atoms with Crippen LogP contribution in [0.15, 0.2) is 93.5 Å². The lowest BCUT2D eigenvalue weighted by molar-refractivity contribution is -0.380. The van der Waals surface area contributed by atoms with E-state index in [-0.39, 0.29) is 49.7 Å². The number of aliphatic hydroxyl groups is 9. The molecule has 8 rings (SSSR count). The number of carbonyl (C=O) groups is 5. The molecule has 0 spiro atoms. The molecule has 4 aromatic carbocycles. The van der Waals surface area contributed by atoms with Crippen molar-refractivity contribution in [2.45, 2.75) is 164 Å². The second kappa shape index (κ2) is 33.6. The van der Waals surface area contributed by atoms with Crippen molar-refractivity contribution in [2.75, 3.05) is 63.4 Å². The van der Waals surface area contributed by atoms with Gasteiger partial charge in [-0.1, -0.05) is 30.3 Å². The summed E-state index contributed by atoms with van der Waals surface area (Å²) in [6.07, 6.45) is -32.8. The van der Waals surface area contributed by atoms with E-state index in [1.165, 1.54) is 55.5 Å². The maximum atomic E-state index is 14.0. The lowest BCUT2D eigenvalue weighted by Crippen LogP contribution is -2.71. The SMILES string of the molecule is CC(=O)N[C@H]1[C@H]([C@H](O)[C@H](O)CO)O[C@@](O[C@H]2[C@@H](O)[C@@H](CO)O[C@@H](O[C@@H]3CCO[C@H](CNC(=O)COCCOCC(=O)Nc4ccc(CNc5cc(S(=O)(=O)O)cc6cc(S(=O)(=O)O)cc(S(=O)(=O)O)c56)cc4)[C@H]3O[C@@H]3O[C@@H](C)[C@@H](O)[C@@H](O)[C@@H]3O)[C@@H]2OC(=O)c2ccccc2)(C(=O)O)C[C@@H]1O. The highest BCUT2D eigenvalue weighted by Gasteiger charge is 2.61. The van der Waals surface area contributed by atoms with Crippen LogP contribution in [0.5, 0.6) is 0 Å². The van der Waals surface area contributed by atoms with Crippen LogP contribution in [0, 0.1) is 0 Å². The Hall–Kier alpha value is -6.70. The molecule has 4 aromatic rings. The number of benzene rings is 4. The summed E-state index contributed by atoms with van der Waals surface area (Å²) in [6.45, 7) is -2.34. The molecule has 0 bridgehead atoms. The van der Waals surface area contributed by atoms with Gasteiger partial charge in [-0.15, -0.1) is 0 Å². The minimum absolute atomic E-state index is 0.128. The summed E-state index contributed by atoms with van der Waals surface area (Å²) < 4.78 is 162. The van der Waals surface area contributed by atoms with Crippen LogP contribution in [-0.4, -0.2) is 288 Å². The van der Waals surface area contributed by atoms with Gasteiger partial charge >= 0.3 is 11.9 Å². The molecule has 4 saturated heterocycles.